The van der Waals surface area contributed by atoms with E-state index in [1.165, 1.54) is 0 Å². The molecule has 2 N–H and O–H groups in total. The summed E-state index contributed by atoms with van der Waals surface area (Å²) >= 11 is 0. The highest BCUT2D eigenvalue weighted by atomic mass is 16.6. The standard InChI is InChI=1S/C23H18N4O4/c1-2-23(30)15-9-18-20-13(10-27(18)21(28)14(15)11-31-22(23)29)19(17-7-8-24-26-17)12-5-3-4-6-16(12)25-20/h3-9,30H,2,10-11H2,1H3,(H,24,26)/t23-/m0/s1. The predicted molar refractivity (Wildman–Crippen MR) is 112 cm³/mol. The third-order valence-electron chi connectivity index (χ3n) is 6.36. The van der Waals surface area contributed by atoms with E-state index in [0.717, 1.165) is 27.7 Å². The van der Waals surface area contributed by atoms with Crippen LogP contribution >= 0.6 is 0 Å². The number of H-pyrrole nitrogens is 1. The topological polar surface area (TPSA) is 110 Å². The number of fused-ring (bicyclic) bond motifs is 5. The maximum atomic E-state index is 13.4. The lowest BCUT2D eigenvalue weighted by Gasteiger charge is -2.31. The molecule has 0 saturated carbocycles. The third kappa shape index (κ3) is 2.28. The molecule has 0 fully saturated rings. The van der Waals surface area contributed by atoms with Crippen LogP contribution in [-0.4, -0.2) is 30.8 Å². The zero-order valence-corrected chi connectivity index (χ0v) is 16.7. The van der Waals surface area contributed by atoms with Crippen LogP contribution < -0.4 is 5.56 Å². The number of esters is 1. The molecule has 154 valence electrons. The van der Waals surface area contributed by atoms with E-state index in [2.05, 4.69) is 10.2 Å². The average Bonchev–Trinajstić information content (AvgIpc) is 3.43. The highest BCUT2D eigenvalue weighted by molar-refractivity contribution is 5.99. The molecule has 0 aliphatic carbocycles. The van der Waals surface area contributed by atoms with Gasteiger partial charge in [-0.05, 0) is 24.6 Å². The van der Waals surface area contributed by atoms with Gasteiger partial charge in [-0.25, -0.2) is 9.78 Å². The largest absolute Gasteiger partial charge is 0.458 e. The van der Waals surface area contributed by atoms with Crippen molar-refractivity contribution in [3.05, 3.63) is 69.6 Å². The van der Waals surface area contributed by atoms with Crippen molar-refractivity contribution in [1.29, 1.82) is 0 Å². The fourth-order valence-corrected chi connectivity index (χ4v) is 4.73. The minimum atomic E-state index is -1.84. The second-order valence-electron chi connectivity index (χ2n) is 7.90. The molecule has 0 amide bonds. The molecular weight excluding hydrogens is 396 g/mol. The summed E-state index contributed by atoms with van der Waals surface area (Å²) in [6.07, 6.45) is 1.80. The molecule has 2 aliphatic heterocycles. The Balaban J connectivity index is 1.70. The molecule has 1 aromatic carbocycles. The molecule has 3 aromatic heterocycles. The van der Waals surface area contributed by atoms with Gasteiger partial charge in [-0.3, -0.25) is 9.89 Å². The zero-order chi connectivity index (χ0) is 21.3. The molecule has 0 bridgehead atoms. The minimum Gasteiger partial charge on any atom is -0.458 e. The van der Waals surface area contributed by atoms with E-state index in [9.17, 15) is 14.7 Å². The Morgan fingerprint density at radius 1 is 1.23 bits per heavy atom. The van der Waals surface area contributed by atoms with E-state index in [0.29, 0.717) is 29.1 Å². The molecule has 5 heterocycles. The van der Waals surface area contributed by atoms with Crippen LogP contribution in [0.5, 0.6) is 0 Å². The number of ether oxygens (including phenoxy) is 1. The molecule has 0 unspecified atom stereocenters. The van der Waals surface area contributed by atoms with Crippen LogP contribution in [0, 0.1) is 0 Å². The second-order valence-corrected chi connectivity index (χ2v) is 7.90. The lowest BCUT2D eigenvalue weighted by molar-refractivity contribution is -0.172. The number of para-hydroxylation sites is 1. The van der Waals surface area contributed by atoms with Crippen molar-refractivity contribution in [1.82, 2.24) is 19.7 Å². The van der Waals surface area contributed by atoms with Crippen molar-refractivity contribution < 1.29 is 14.6 Å². The minimum absolute atomic E-state index is 0.110. The van der Waals surface area contributed by atoms with Gasteiger partial charge >= 0.3 is 5.97 Å². The summed E-state index contributed by atoms with van der Waals surface area (Å²) in [7, 11) is 0. The normalized spacial score (nSPS) is 19.1. The Morgan fingerprint density at radius 2 is 2.06 bits per heavy atom. The SMILES string of the molecule is CC[C@@]1(O)C(=O)OCc2c1cc1n(c2=O)Cc2c-1nc1ccccc1c2-c1ccn[nH]1. The predicted octanol–water partition coefficient (Wildman–Crippen LogP) is 2.47. The highest BCUT2D eigenvalue weighted by Gasteiger charge is 2.45. The van der Waals surface area contributed by atoms with Gasteiger partial charge in [0.05, 0.1) is 34.7 Å². The van der Waals surface area contributed by atoms with Crippen molar-refractivity contribution >= 4 is 16.9 Å². The van der Waals surface area contributed by atoms with Crippen LogP contribution in [0.4, 0.5) is 0 Å². The van der Waals surface area contributed by atoms with E-state index in [1.807, 2.05) is 30.3 Å². The summed E-state index contributed by atoms with van der Waals surface area (Å²) in [4.78, 5) is 30.6. The first-order valence-corrected chi connectivity index (χ1v) is 10.1. The van der Waals surface area contributed by atoms with E-state index in [-0.39, 0.29) is 18.6 Å². The van der Waals surface area contributed by atoms with Crippen LogP contribution in [0.3, 0.4) is 0 Å². The van der Waals surface area contributed by atoms with Crippen molar-refractivity contribution in [2.75, 3.05) is 0 Å². The number of rotatable bonds is 2. The molecule has 2 aliphatic rings. The number of pyridine rings is 2. The fraction of sp³-hybridized carbons (Fsp3) is 0.217. The number of benzene rings is 1. The van der Waals surface area contributed by atoms with Crippen molar-refractivity contribution in [3.63, 3.8) is 0 Å². The first-order valence-electron chi connectivity index (χ1n) is 10.1. The molecular formula is C23H18N4O4. The summed E-state index contributed by atoms with van der Waals surface area (Å²) in [5.41, 5.74) is 3.23. The van der Waals surface area contributed by atoms with Gasteiger partial charge in [-0.15, -0.1) is 0 Å². The van der Waals surface area contributed by atoms with Gasteiger partial charge in [0.25, 0.3) is 5.56 Å². The monoisotopic (exact) mass is 414 g/mol. The number of aromatic nitrogens is 4. The molecule has 6 rings (SSSR count). The summed E-state index contributed by atoms with van der Waals surface area (Å²) in [6.45, 7) is 1.88. The molecule has 8 nitrogen and oxygen atoms in total. The van der Waals surface area contributed by atoms with E-state index >= 15 is 0 Å². The zero-order valence-electron chi connectivity index (χ0n) is 16.7. The highest BCUT2D eigenvalue weighted by Crippen LogP contribution is 2.42. The van der Waals surface area contributed by atoms with Gasteiger partial charge in [0.15, 0.2) is 5.60 Å². The van der Waals surface area contributed by atoms with Crippen LogP contribution in [0.1, 0.15) is 30.0 Å². The number of nitrogens with zero attached hydrogens (tertiary/aromatic N) is 3. The first kappa shape index (κ1) is 18.0. The number of cyclic esters (lactones) is 1. The quantitative estimate of drug-likeness (QED) is 0.430. The summed E-state index contributed by atoms with van der Waals surface area (Å²) < 4.78 is 6.79. The molecule has 1 atom stereocenters. The number of carbonyl (C=O) groups is 1. The number of carbonyl (C=O) groups excluding carboxylic acids is 1. The van der Waals surface area contributed by atoms with E-state index < -0.39 is 11.6 Å². The van der Waals surface area contributed by atoms with E-state index in [1.54, 1.807) is 23.8 Å². The Labute approximate surface area is 176 Å². The fourth-order valence-electron chi connectivity index (χ4n) is 4.73. The van der Waals surface area contributed by atoms with Crippen LogP contribution in [0.2, 0.25) is 0 Å². The van der Waals surface area contributed by atoms with Gasteiger partial charge in [-0.1, -0.05) is 25.1 Å². The molecule has 4 aromatic rings. The van der Waals surface area contributed by atoms with Crippen LogP contribution in [0.25, 0.3) is 33.5 Å². The summed E-state index contributed by atoms with van der Waals surface area (Å²) in [5.74, 6) is -0.727. The first-order chi connectivity index (χ1) is 15.0. The van der Waals surface area contributed by atoms with Gasteiger partial charge < -0.3 is 14.4 Å². The number of aliphatic hydroxyl groups is 1. The Kier molecular flexibility index (Phi) is 3.56. The van der Waals surface area contributed by atoms with Crippen LogP contribution in [0.15, 0.2) is 47.4 Å². The molecule has 0 saturated heterocycles. The number of hydrogen-bond donors (Lipinski definition) is 2. The average molecular weight is 414 g/mol. The maximum absolute atomic E-state index is 13.4. The summed E-state index contributed by atoms with van der Waals surface area (Å²) in [6, 6.07) is 11.4. The van der Waals surface area contributed by atoms with Crippen molar-refractivity contribution in [2.24, 2.45) is 0 Å². The second kappa shape index (κ2) is 6.12. The lowest BCUT2D eigenvalue weighted by Crippen LogP contribution is -2.44. The number of hydrogen-bond acceptors (Lipinski definition) is 6. The third-order valence-corrected chi connectivity index (χ3v) is 6.36. The Hall–Kier alpha value is -3.78. The number of aromatic amines is 1. The van der Waals surface area contributed by atoms with Gasteiger partial charge in [-0.2, -0.15) is 5.10 Å². The smallest absolute Gasteiger partial charge is 0.343 e. The molecule has 31 heavy (non-hydrogen) atoms. The lowest BCUT2D eigenvalue weighted by atomic mass is 9.86. The van der Waals surface area contributed by atoms with E-state index in [4.69, 9.17) is 9.72 Å². The van der Waals surface area contributed by atoms with Gasteiger partial charge in [0, 0.05) is 28.3 Å². The Morgan fingerprint density at radius 3 is 2.84 bits per heavy atom. The van der Waals surface area contributed by atoms with Crippen LogP contribution in [-0.2, 0) is 28.3 Å². The maximum Gasteiger partial charge on any atom is 0.343 e. The van der Waals surface area contributed by atoms with Crippen molar-refractivity contribution in [2.45, 2.75) is 32.1 Å². The van der Waals surface area contributed by atoms with Crippen molar-refractivity contribution in [3.8, 4) is 22.6 Å². The van der Waals surface area contributed by atoms with Gasteiger partial charge in [0.2, 0.25) is 0 Å². The Bertz CT molecular complexity index is 1450. The molecule has 0 radical (unpaired) electrons. The van der Waals surface area contributed by atoms with Gasteiger partial charge in [0.1, 0.15) is 6.61 Å². The molecule has 0 spiro atoms. The number of nitrogens with one attached hydrogen (secondary N) is 1. The molecule has 8 heteroatoms. The summed E-state index contributed by atoms with van der Waals surface area (Å²) in [5, 5.41) is 19.1.